The molecule has 0 aromatic rings. The first-order chi connectivity index (χ1) is 10.9. The number of nitrogens with one attached hydrogen (secondary N) is 2. The van der Waals surface area contributed by atoms with Gasteiger partial charge < -0.3 is 5.32 Å². The van der Waals surface area contributed by atoms with E-state index in [9.17, 15) is 0 Å². The minimum Gasteiger partial charge on any atom is -0.301 e. The average molecular weight is 323 g/mol. The summed E-state index contributed by atoms with van der Waals surface area (Å²) in [5, 5.41) is 7.95. The largest absolute Gasteiger partial charge is 0.301 e. The normalized spacial score (nSPS) is 33.5. The zero-order valence-electron chi connectivity index (χ0n) is 16.5. The number of hydrogen-bond acceptors (Lipinski definition) is 2. The lowest BCUT2D eigenvalue weighted by Gasteiger charge is -2.54. The van der Waals surface area contributed by atoms with Crippen molar-refractivity contribution in [3.05, 3.63) is 0 Å². The highest BCUT2D eigenvalue weighted by atomic mass is 15.2. The smallest absolute Gasteiger partial charge is 0.0626 e. The SMILES string of the molecule is CCC(C)C1(C2CCCCCCCC2)CCNC(C(C)(C)C)N1. The highest BCUT2D eigenvalue weighted by Gasteiger charge is 2.46. The lowest BCUT2D eigenvalue weighted by molar-refractivity contribution is 0.0239. The molecule has 0 bridgehead atoms. The highest BCUT2D eigenvalue weighted by molar-refractivity contribution is 5.04. The molecule has 1 aliphatic carbocycles. The molecule has 2 rings (SSSR count). The molecule has 2 N–H and O–H groups in total. The monoisotopic (exact) mass is 322 g/mol. The Balaban J connectivity index is 2.22. The second-order valence-corrected chi connectivity index (χ2v) is 9.39. The van der Waals surface area contributed by atoms with Crippen molar-refractivity contribution in [2.45, 2.75) is 111 Å². The molecule has 2 heteroatoms. The Morgan fingerprint density at radius 1 is 1.00 bits per heavy atom. The van der Waals surface area contributed by atoms with Gasteiger partial charge in [0.05, 0.1) is 6.17 Å². The van der Waals surface area contributed by atoms with Crippen LogP contribution in [0.25, 0.3) is 0 Å². The van der Waals surface area contributed by atoms with Crippen molar-refractivity contribution in [1.82, 2.24) is 10.6 Å². The molecule has 2 fully saturated rings. The maximum atomic E-state index is 4.18. The van der Waals surface area contributed by atoms with Crippen LogP contribution in [0.3, 0.4) is 0 Å². The summed E-state index contributed by atoms with van der Waals surface area (Å²) in [5.41, 5.74) is 0.625. The summed E-state index contributed by atoms with van der Waals surface area (Å²) in [7, 11) is 0. The summed E-state index contributed by atoms with van der Waals surface area (Å²) in [6.07, 6.45) is 14.6. The summed E-state index contributed by atoms with van der Waals surface area (Å²) in [6.45, 7) is 13.2. The van der Waals surface area contributed by atoms with Crippen LogP contribution in [0.1, 0.15) is 98.8 Å². The molecule has 0 aromatic carbocycles. The number of rotatable bonds is 3. The Hall–Kier alpha value is -0.0800. The molecule has 1 saturated carbocycles. The van der Waals surface area contributed by atoms with Gasteiger partial charge in [0.25, 0.3) is 0 Å². The Labute approximate surface area is 145 Å². The molecule has 0 amide bonds. The second kappa shape index (κ2) is 8.34. The summed E-state index contributed by atoms with van der Waals surface area (Å²) >= 11 is 0. The standard InChI is InChI=1S/C21H42N2/c1-6-17(2)21(15-16-22-19(23-21)20(3,4)5)18-13-11-9-7-8-10-12-14-18/h17-19,22-23H,6-16H2,1-5H3. The molecule has 2 aliphatic rings. The van der Waals surface area contributed by atoms with Gasteiger partial charge >= 0.3 is 0 Å². The van der Waals surface area contributed by atoms with Gasteiger partial charge in [-0.25, -0.2) is 0 Å². The van der Waals surface area contributed by atoms with Crippen LogP contribution in [-0.4, -0.2) is 18.2 Å². The molecule has 136 valence electrons. The van der Waals surface area contributed by atoms with Gasteiger partial charge in [0.15, 0.2) is 0 Å². The van der Waals surface area contributed by atoms with E-state index in [4.69, 9.17) is 0 Å². The van der Waals surface area contributed by atoms with Gasteiger partial charge in [0.1, 0.15) is 0 Å². The summed E-state index contributed by atoms with van der Waals surface area (Å²) in [6, 6.07) is 0. The quantitative estimate of drug-likeness (QED) is 0.719. The van der Waals surface area contributed by atoms with Gasteiger partial charge in [-0.05, 0) is 43.1 Å². The van der Waals surface area contributed by atoms with E-state index in [2.05, 4.69) is 45.3 Å². The first kappa shape index (κ1) is 19.2. The first-order valence-electron chi connectivity index (χ1n) is 10.4. The molecule has 1 heterocycles. The van der Waals surface area contributed by atoms with Crippen molar-refractivity contribution in [3.63, 3.8) is 0 Å². The highest BCUT2D eigenvalue weighted by Crippen LogP contribution is 2.41. The van der Waals surface area contributed by atoms with Crippen LogP contribution in [0.4, 0.5) is 0 Å². The van der Waals surface area contributed by atoms with E-state index in [1.54, 1.807) is 0 Å². The van der Waals surface area contributed by atoms with Crippen LogP contribution >= 0.6 is 0 Å². The van der Waals surface area contributed by atoms with Crippen LogP contribution in [0.2, 0.25) is 0 Å². The van der Waals surface area contributed by atoms with Gasteiger partial charge in [-0.2, -0.15) is 0 Å². The molecule has 0 radical (unpaired) electrons. The third-order valence-electron chi connectivity index (χ3n) is 6.74. The predicted octanol–water partition coefficient (Wildman–Crippen LogP) is 5.48. The van der Waals surface area contributed by atoms with Crippen molar-refractivity contribution in [3.8, 4) is 0 Å². The second-order valence-electron chi connectivity index (χ2n) is 9.39. The van der Waals surface area contributed by atoms with Gasteiger partial charge in [-0.3, -0.25) is 5.32 Å². The zero-order valence-corrected chi connectivity index (χ0v) is 16.5. The van der Waals surface area contributed by atoms with Crippen LogP contribution in [-0.2, 0) is 0 Å². The van der Waals surface area contributed by atoms with E-state index in [0.717, 1.165) is 11.8 Å². The topological polar surface area (TPSA) is 24.1 Å². The summed E-state index contributed by atoms with van der Waals surface area (Å²) in [4.78, 5) is 0. The first-order valence-corrected chi connectivity index (χ1v) is 10.4. The van der Waals surface area contributed by atoms with Crippen LogP contribution in [0.15, 0.2) is 0 Å². The van der Waals surface area contributed by atoms with E-state index >= 15 is 0 Å². The molecular formula is C21H42N2. The van der Waals surface area contributed by atoms with Gasteiger partial charge in [0.2, 0.25) is 0 Å². The molecule has 0 aromatic heterocycles. The molecule has 2 nitrogen and oxygen atoms in total. The zero-order chi connectivity index (χ0) is 16.9. The molecule has 1 saturated heterocycles. The average Bonchev–Trinajstić information content (AvgIpc) is 2.67. The van der Waals surface area contributed by atoms with Gasteiger partial charge in [-0.15, -0.1) is 0 Å². The van der Waals surface area contributed by atoms with Crippen molar-refractivity contribution < 1.29 is 0 Å². The third kappa shape index (κ3) is 4.72. The Morgan fingerprint density at radius 2 is 1.57 bits per heavy atom. The minimum absolute atomic E-state index is 0.275. The Bertz CT molecular complexity index is 336. The van der Waals surface area contributed by atoms with Crippen molar-refractivity contribution in [1.29, 1.82) is 0 Å². The fraction of sp³-hybridized carbons (Fsp3) is 1.00. The van der Waals surface area contributed by atoms with E-state index < -0.39 is 0 Å². The summed E-state index contributed by atoms with van der Waals surface area (Å²) < 4.78 is 0. The Morgan fingerprint density at radius 3 is 2.09 bits per heavy atom. The number of hydrogen-bond donors (Lipinski definition) is 2. The molecular weight excluding hydrogens is 280 g/mol. The van der Waals surface area contributed by atoms with Crippen LogP contribution in [0.5, 0.6) is 0 Å². The van der Waals surface area contributed by atoms with Crippen molar-refractivity contribution in [2.75, 3.05) is 6.54 Å². The van der Waals surface area contributed by atoms with Gasteiger partial charge in [0, 0.05) is 5.54 Å². The molecule has 23 heavy (non-hydrogen) atoms. The van der Waals surface area contributed by atoms with Gasteiger partial charge in [-0.1, -0.05) is 79.6 Å². The van der Waals surface area contributed by atoms with Crippen LogP contribution in [0, 0.1) is 17.3 Å². The van der Waals surface area contributed by atoms with Crippen molar-refractivity contribution in [2.24, 2.45) is 17.3 Å². The van der Waals surface area contributed by atoms with E-state index in [1.165, 1.54) is 70.8 Å². The molecule has 3 unspecified atom stereocenters. The molecule has 0 spiro atoms. The lowest BCUT2D eigenvalue weighted by atomic mass is 9.66. The maximum Gasteiger partial charge on any atom is 0.0626 e. The maximum absolute atomic E-state index is 4.18. The third-order valence-corrected chi connectivity index (χ3v) is 6.74. The fourth-order valence-electron chi connectivity index (χ4n) is 4.96. The Kier molecular flexibility index (Phi) is 6.98. The summed E-state index contributed by atoms with van der Waals surface area (Å²) in [5.74, 6) is 1.63. The molecule has 3 atom stereocenters. The fourth-order valence-corrected chi connectivity index (χ4v) is 4.96. The predicted molar refractivity (Wildman–Crippen MR) is 102 cm³/mol. The van der Waals surface area contributed by atoms with Crippen molar-refractivity contribution >= 4 is 0 Å². The molecule has 1 aliphatic heterocycles. The van der Waals surface area contributed by atoms with E-state index in [1.807, 2.05) is 0 Å². The lowest BCUT2D eigenvalue weighted by Crippen LogP contribution is -2.70. The van der Waals surface area contributed by atoms with Crippen LogP contribution < -0.4 is 10.6 Å². The van der Waals surface area contributed by atoms with E-state index in [0.29, 0.717) is 11.7 Å². The van der Waals surface area contributed by atoms with E-state index in [-0.39, 0.29) is 5.41 Å². The minimum atomic E-state index is 0.275.